The SMILES string of the molecule is N#Cc1ccc(Cn2cc(-c3ccc4[nH]ncc4c3)nn2)cc1. The molecule has 0 aliphatic rings. The molecule has 6 nitrogen and oxygen atoms in total. The van der Waals surface area contributed by atoms with E-state index in [9.17, 15) is 0 Å². The van der Waals surface area contributed by atoms with Crippen molar-refractivity contribution >= 4 is 10.9 Å². The molecule has 0 aliphatic heterocycles. The van der Waals surface area contributed by atoms with Crippen molar-refractivity contribution in [1.82, 2.24) is 25.2 Å². The highest BCUT2D eigenvalue weighted by atomic mass is 15.4. The van der Waals surface area contributed by atoms with Crippen LogP contribution < -0.4 is 0 Å². The molecular formula is C17H12N6. The highest BCUT2D eigenvalue weighted by Crippen LogP contribution is 2.21. The van der Waals surface area contributed by atoms with Gasteiger partial charge in [0.15, 0.2) is 0 Å². The molecule has 110 valence electrons. The number of aromatic amines is 1. The quantitative estimate of drug-likeness (QED) is 0.630. The van der Waals surface area contributed by atoms with Gasteiger partial charge in [-0.05, 0) is 29.8 Å². The minimum Gasteiger partial charge on any atom is -0.278 e. The van der Waals surface area contributed by atoms with E-state index in [1.165, 1.54) is 0 Å². The lowest BCUT2D eigenvalue weighted by molar-refractivity contribution is 0.650. The second-order valence-electron chi connectivity index (χ2n) is 5.28. The predicted octanol–water partition coefficient (Wildman–Crippen LogP) is 2.74. The van der Waals surface area contributed by atoms with Gasteiger partial charge in [0.05, 0.1) is 36.1 Å². The standard InChI is InChI=1S/C17H12N6/c18-8-12-1-3-13(4-2-12)10-23-11-17(21-22-23)14-5-6-16-15(7-14)9-19-20-16/h1-7,9,11H,10H2,(H,19,20). The number of hydrogen-bond acceptors (Lipinski definition) is 4. The van der Waals surface area contributed by atoms with Gasteiger partial charge in [-0.15, -0.1) is 5.10 Å². The highest BCUT2D eigenvalue weighted by Gasteiger charge is 2.06. The summed E-state index contributed by atoms with van der Waals surface area (Å²) in [6.45, 7) is 0.618. The largest absolute Gasteiger partial charge is 0.278 e. The number of benzene rings is 2. The second kappa shape index (κ2) is 5.39. The molecule has 4 rings (SSSR count). The average molecular weight is 300 g/mol. The van der Waals surface area contributed by atoms with Crippen LogP contribution in [0, 0.1) is 11.3 Å². The Hall–Kier alpha value is -3.46. The van der Waals surface area contributed by atoms with E-state index in [0.29, 0.717) is 12.1 Å². The van der Waals surface area contributed by atoms with E-state index in [0.717, 1.165) is 27.7 Å². The maximum absolute atomic E-state index is 8.82. The monoisotopic (exact) mass is 300 g/mol. The van der Waals surface area contributed by atoms with Crippen LogP contribution in [-0.4, -0.2) is 25.2 Å². The zero-order valence-electron chi connectivity index (χ0n) is 12.1. The molecule has 0 radical (unpaired) electrons. The van der Waals surface area contributed by atoms with Crippen LogP contribution >= 0.6 is 0 Å². The van der Waals surface area contributed by atoms with Crippen LogP contribution in [0.5, 0.6) is 0 Å². The number of nitriles is 1. The molecule has 0 spiro atoms. The Labute approximate surface area is 132 Å². The molecule has 0 atom stereocenters. The van der Waals surface area contributed by atoms with Crippen LogP contribution in [0.15, 0.2) is 54.9 Å². The topological polar surface area (TPSA) is 83.2 Å². The Morgan fingerprint density at radius 3 is 2.83 bits per heavy atom. The third-order valence-electron chi connectivity index (χ3n) is 3.70. The van der Waals surface area contributed by atoms with Crippen LogP contribution in [-0.2, 0) is 6.54 Å². The van der Waals surface area contributed by atoms with Crippen molar-refractivity contribution in [3.63, 3.8) is 0 Å². The fraction of sp³-hybridized carbons (Fsp3) is 0.0588. The molecule has 1 N–H and O–H groups in total. The first-order valence-corrected chi connectivity index (χ1v) is 7.14. The van der Waals surface area contributed by atoms with Gasteiger partial charge in [0.2, 0.25) is 0 Å². The van der Waals surface area contributed by atoms with Crippen molar-refractivity contribution in [3.8, 4) is 17.3 Å². The summed E-state index contributed by atoms with van der Waals surface area (Å²) in [5.41, 5.74) is 4.55. The van der Waals surface area contributed by atoms with Crippen molar-refractivity contribution in [2.24, 2.45) is 0 Å². The van der Waals surface area contributed by atoms with Crippen LogP contribution in [0.4, 0.5) is 0 Å². The molecule has 0 bridgehead atoms. The van der Waals surface area contributed by atoms with Crippen molar-refractivity contribution in [2.75, 3.05) is 0 Å². The van der Waals surface area contributed by atoms with Crippen LogP contribution in [0.3, 0.4) is 0 Å². The maximum Gasteiger partial charge on any atom is 0.113 e. The van der Waals surface area contributed by atoms with Gasteiger partial charge in [0.1, 0.15) is 5.69 Å². The van der Waals surface area contributed by atoms with Crippen molar-refractivity contribution in [1.29, 1.82) is 5.26 Å². The third kappa shape index (κ3) is 2.56. The molecule has 0 amide bonds. The van der Waals surface area contributed by atoms with E-state index >= 15 is 0 Å². The van der Waals surface area contributed by atoms with Crippen LogP contribution in [0.1, 0.15) is 11.1 Å². The molecule has 2 heterocycles. The smallest absolute Gasteiger partial charge is 0.113 e. The van der Waals surface area contributed by atoms with Gasteiger partial charge < -0.3 is 0 Å². The first-order chi connectivity index (χ1) is 11.3. The van der Waals surface area contributed by atoms with Gasteiger partial charge in [-0.1, -0.05) is 23.4 Å². The molecule has 0 aliphatic carbocycles. The van der Waals surface area contributed by atoms with Gasteiger partial charge in [-0.25, -0.2) is 4.68 Å². The summed E-state index contributed by atoms with van der Waals surface area (Å²) in [7, 11) is 0. The van der Waals surface area contributed by atoms with E-state index in [1.54, 1.807) is 23.0 Å². The molecule has 4 aromatic rings. The van der Waals surface area contributed by atoms with Gasteiger partial charge in [-0.3, -0.25) is 5.10 Å². The van der Waals surface area contributed by atoms with Gasteiger partial charge in [-0.2, -0.15) is 10.4 Å². The molecule has 2 aromatic carbocycles. The number of H-pyrrole nitrogens is 1. The Balaban J connectivity index is 1.59. The summed E-state index contributed by atoms with van der Waals surface area (Å²) in [5.74, 6) is 0. The van der Waals surface area contributed by atoms with Crippen LogP contribution in [0.2, 0.25) is 0 Å². The maximum atomic E-state index is 8.82. The Morgan fingerprint density at radius 1 is 1.13 bits per heavy atom. The highest BCUT2D eigenvalue weighted by molar-refractivity contribution is 5.83. The molecular weight excluding hydrogens is 288 g/mol. The summed E-state index contributed by atoms with van der Waals surface area (Å²) in [5, 5.41) is 25.2. The number of nitrogens with one attached hydrogen (secondary N) is 1. The predicted molar refractivity (Wildman–Crippen MR) is 85.4 cm³/mol. The van der Waals surface area contributed by atoms with E-state index in [1.807, 2.05) is 36.5 Å². The lowest BCUT2D eigenvalue weighted by atomic mass is 10.1. The molecule has 0 saturated heterocycles. The summed E-state index contributed by atoms with van der Waals surface area (Å²) >= 11 is 0. The minimum atomic E-state index is 0.618. The number of fused-ring (bicyclic) bond motifs is 1. The molecule has 0 saturated carbocycles. The number of nitrogens with zero attached hydrogens (tertiary/aromatic N) is 5. The van der Waals surface area contributed by atoms with Gasteiger partial charge in [0.25, 0.3) is 0 Å². The minimum absolute atomic E-state index is 0.618. The van der Waals surface area contributed by atoms with E-state index in [-0.39, 0.29) is 0 Å². The molecule has 23 heavy (non-hydrogen) atoms. The normalized spacial score (nSPS) is 10.7. The third-order valence-corrected chi connectivity index (χ3v) is 3.70. The summed E-state index contributed by atoms with van der Waals surface area (Å²) in [4.78, 5) is 0. The molecule has 6 heteroatoms. The Morgan fingerprint density at radius 2 is 2.00 bits per heavy atom. The second-order valence-corrected chi connectivity index (χ2v) is 5.28. The average Bonchev–Trinajstić information content (AvgIpc) is 3.23. The molecule has 0 fully saturated rings. The van der Waals surface area contributed by atoms with Crippen molar-refractivity contribution < 1.29 is 0 Å². The van der Waals surface area contributed by atoms with E-state index < -0.39 is 0 Å². The summed E-state index contributed by atoms with van der Waals surface area (Å²) in [6, 6.07) is 15.6. The summed E-state index contributed by atoms with van der Waals surface area (Å²) < 4.78 is 1.79. The lowest BCUT2D eigenvalue weighted by Gasteiger charge is -2.00. The zero-order chi connectivity index (χ0) is 15.6. The Kier molecular flexibility index (Phi) is 3.10. The van der Waals surface area contributed by atoms with Gasteiger partial charge >= 0.3 is 0 Å². The first-order valence-electron chi connectivity index (χ1n) is 7.14. The fourth-order valence-corrected chi connectivity index (χ4v) is 2.48. The van der Waals surface area contributed by atoms with E-state index in [2.05, 4.69) is 26.6 Å². The lowest BCUT2D eigenvalue weighted by Crippen LogP contribution is -2.00. The van der Waals surface area contributed by atoms with Gasteiger partial charge in [0, 0.05) is 10.9 Å². The number of rotatable bonds is 3. The number of hydrogen-bond donors (Lipinski definition) is 1. The fourth-order valence-electron chi connectivity index (χ4n) is 2.48. The zero-order valence-corrected chi connectivity index (χ0v) is 12.1. The molecule has 2 aromatic heterocycles. The van der Waals surface area contributed by atoms with E-state index in [4.69, 9.17) is 5.26 Å². The summed E-state index contributed by atoms with van der Waals surface area (Å²) in [6.07, 6.45) is 3.71. The molecule has 0 unspecified atom stereocenters. The van der Waals surface area contributed by atoms with Crippen molar-refractivity contribution in [2.45, 2.75) is 6.54 Å². The van der Waals surface area contributed by atoms with Crippen molar-refractivity contribution in [3.05, 3.63) is 66.0 Å². The van der Waals surface area contributed by atoms with Crippen LogP contribution in [0.25, 0.3) is 22.2 Å². The first kappa shape index (κ1) is 13.2. The number of aromatic nitrogens is 5. The Bertz CT molecular complexity index is 1000.